The van der Waals surface area contributed by atoms with Crippen LogP contribution < -0.4 is 0 Å². The summed E-state index contributed by atoms with van der Waals surface area (Å²) in [6, 6.07) is 6.73. The summed E-state index contributed by atoms with van der Waals surface area (Å²) in [6.07, 6.45) is 1.37. The van der Waals surface area contributed by atoms with Crippen LogP contribution in [-0.4, -0.2) is 40.9 Å². The SMILES string of the molecule is OCCN(CC(O)c1ccccc1F)C1CC1. The molecule has 1 aliphatic carbocycles. The number of aliphatic hydroxyl groups is 2. The first-order valence-electron chi connectivity index (χ1n) is 5.99. The third kappa shape index (κ3) is 3.25. The van der Waals surface area contributed by atoms with Crippen molar-refractivity contribution in [1.29, 1.82) is 0 Å². The molecule has 94 valence electrons. The first-order valence-corrected chi connectivity index (χ1v) is 5.99. The fourth-order valence-electron chi connectivity index (χ4n) is 2.06. The van der Waals surface area contributed by atoms with Crippen molar-refractivity contribution in [3.8, 4) is 0 Å². The van der Waals surface area contributed by atoms with Crippen molar-refractivity contribution in [2.75, 3.05) is 19.7 Å². The van der Waals surface area contributed by atoms with Gasteiger partial charge in [0.25, 0.3) is 0 Å². The molecule has 0 spiro atoms. The minimum Gasteiger partial charge on any atom is -0.395 e. The van der Waals surface area contributed by atoms with Crippen molar-refractivity contribution >= 4 is 0 Å². The van der Waals surface area contributed by atoms with Gasteiger partial charge in [-0.3, -0.25) is 4.90 Å². The highest BCUT2D eigenvalue weighted by Crippen LogP contribution is 2.28. The second kappa shape index (κ2) is 5.58. The summed E-state index contributed by atoms with van der Waals surface area (Å²) < 4.78 is 13.5. The Morgan fingerprint density at radius 3 is 2.65 bits per heavy atom. The Labute approximate surface area is 100 Å². The van der Waals surface area contributed by atoms with Crippen LogP contribution in [0.1, 0.15) is 24.5 Å². The van der Waals surface area contributed by atoms with E-state index in [0.717, 1.165) is 12.8 Å². The van der Waals surface area contributed by atoms with Gasteiger partial charge in [0, 0.05) is 24.7 Å². The summed E-state index contributed by atoms with van der Waals surface area (Å²) in [7, 11) is 0. The Hall–Kier alpha value is -0.970. The summed E-state index contributed by atoms with van der Waals surface area (Å²) in [5.41, 5.74) is 0.330. The van der Waals surface area contributed by atoms with Gasteiger partial charge in [0.15, 0.2) is 0 Å². The van der Waals surface area contributed by atoms with Crippen LogP contribution in [0.3, 0.4) is 0 Å². The van der Waals surface area contributed by atoms with Crippen LogP contribution in [0.25, 0.3) is 0 Å². The molecule has 0 amide bonds. The maximum Gasteiger partial charge on any atom is 0.129 e. The third-order valence-electron chi connectivity index (χ3n) is 3.12. The molecule has 0 aromatic heterocycles. The van der Waals surface area contributed by atoms with E-state index in [9.17, 15) is 9.50 Å². The Morgan fingerprint density at radius 1 is 1.35 bits per heavy atom. The van der Waals surface area contributed by atoms with Crippen LogP contribution in [0.2, 0.25) is 0 Å². The Balaban J connectivity index is 1.99. The molecule has 1 aromatic rings. The van der Waals surface area contributed by atoms with Crippen LogP contribution in [0.5, 0.6) is 0 Å². The number of aliphatic hydroxyl groups excluding tert-OH is 2. The predicted octanol–water partition coefficient (Wildman–Crippen LogP) is 1.32. The van der Waals surface area contributed by atoms with Crippen LogP contribution >= 0.6 is 0 Å². The minimum absolute atomic E-state index is 0.0699. The topological polar surface area (TPSA) is 43.7 Å². The molecular formula is C13H18FNO2. The van der Waals surface area contributed by atoms with Gasteiger partial charge in [-0.15, -0.1) is 0 Å². The number of hydrogen-bond donors (Lipinski definition) is 2. The van der Waals surface area contributed by atoms with Crippen molar-refractivity contribution in [3.63, 3.8) is 0 Å². The highest BCUT2D eigenvalue weighted by molar-refractivity contribution is 5.20. The summed E-state index contributed by atoms with van der Waals surface area (Å²) in [4.78, 5) is 2.02. The van der Waals surface area contributed by atoms with E-state index in [4.69, 9.17) is 5.11 Å². The number of benzene rings is 1. The lowest BCUT2D eigenvalue weighted by Crippen LogP contribution is -2.33. The molecule has 1 unspecified atom stereocenters. The molecule has 0 radical (unpaired) electrons. The second-order valence-corrected chi connectivity index (χ2v) is 4.49. The largest absolute Gasteiger partial charge is 0.395 e. The highest BCUT2D eigenvalue weighted by Gasteiger charge is 2.30. The molecule has 1 atom stereocenters. The molecule has 1 saturated carbocycles. The molecule has 0 heterocycles. The quantitative estimate of drug-likeness (QED) is 0.786. The lowest BCUT2D eigenvalue weighted by Gasteiger charge is -2.24. The molecule has 2 N–H and O–H groups in total. The van der Waals surface area contributed by atoms with Crippen LogP contribution in [0.4, 0.5) is 4.39 Å². The van der Waals surface area contributed by atoms with Crippen LogP contribution in [-0.2, 0) is 0 Å². The third-order valence-corrected chi connectivity index (χ3v) is 3.12. The van der Waals surface area contributed by atoms with Crippen molar-refractivity contribution < 1.29 is 14.6 Å². The lowest BCUT2D eigenvalue weighted by molar-refractivity contribution is 0.0929. The zero-order valence-corrected chi connectivity index (χ0v) is 9.72. The van der Waals surface area contributed by atoms with E-state index in [1.54, 1.807) is 18.2 Å². The molecular weight excluding hydrogens is 221 g/mol. The Morgan fingerprint density at radius 2 is 2.06 bits per heavy atom. The second-order valence-electron chi connectivity index (χ2n) is 4.49. The highest BCUT2D eigenvalue weighted by atomic mass is 19.1. The molecule has 1 aliphatic rings. The normalized spacial score (nSPS) is 17.4. The van der Waals surface area contributed by atoms with Gasteiger partial charge in [0.2, 0.25) is 0 Å². The van der Waals surface area contributed by atoms with Crippen molar-refractivity contribution in [2.45, 2.75) is 25.0 Å². The minimum atomic E-state index is -0.830. The Bertz CT molecular complexity index is 368. The molecule has 17 heavy (non-hydrogen) atoms. The summed E-state index contributed by atoms with van der Waals surface area (Å²) in [6.45, 7) is 0.989. The van der Waals surface area contributed by atoms with E-state index in [1.165, 1.54) is 6.07 Å². The lowest BCUT2D eigenvalue weighted by atomic mass is 10.1. The summed E-state index contributed by atoms with van der Waals surface area (Å²) in [5.74, 6) is -0.375. The molecule has 3 nitrogen and oxygen atoms in total. The predicted molar refractivity (Wildman–Crippen MR) is 63.0 cm³/mol. The van der Waals surface area contributed by atoms with Gasteiger partial charge >= 0.3 is 0 Å². The maximum absolute atomic E-state index is 13.5. The van der Waals surface area contributed by atoms with Gasteiger partial charge in [-0.1, -0.05) is 18.2 Å². The number of halogens is 1. The summed E-state index contributed by atoms with van der Waals surface area (Å²) >= 11 is 0. The zero-order valence-electron chi connectivity index (χ0n) is 9.72. The van der Waals surface area contributed by atoms with Crippen molar-refractivity contribution in [3.05, 3.63) is 35.6 Å². The van der Waals surface area contributed by atoms with Gasteiger partial charge in [0.05, 0.1) is 12.7 Å². The molecule has 1 aromatic carbocycles. The van der Waals surface area contributed by atoms with E-state index in [2.05, 4.69) is 0 Å². The smallest absolute Gasteiger partial charge is 0.129 e. The van der Waals surface area contributed by atoms with Crippen LogP contribution in [0, 0.1) is 5.82 Å². The molecule has 1 fully saturated rings. The van der Waals surface area contributed by atoms with Gasteiger partial charge in [-0.25, -0.2) is 4.39 Å². The first-order chi connectivity index (χ1) is 8.22. The maximum atomic E-state index is 13.5. The first kappa shape index (κ1) is 12.5. The van der Waals surface area contributed by atoms with Gasteiger partial charge in [-0.05, 0) is 18.9 Å². The van der Waals surface area contributed by atoms with E-state index < -0.39 is 6.10 Å². The standard InChI is InChI=1S/C13H18FNO2/c14-12-4-2-1-3-11(12)13(17)9-15(7-8-16)10-5-6-10/h1-4,10,13,16-17H,5-9H2. The van der Waals surface area contributed by atoms with Gasteiger partial charge in [0.1, 0.15) is 5.82 Å². The molecule has 4 heteroatoms. The van der Waals surface area contributed by atoms with E-state index >= 15 is 0 Å². The number of rotatable bonds is 6. The van der Waals surface area contributed by atoms with Crippen molar-refractivity contribution in [1.82, 2.24) is 4.90 Å². The van der Waals surface area contributed by atoms with E-state index in [-0.39, 0.29) is 12.4 Å². The average Bonchev–Trinajstić information content (AvgIpc) is 3.12. The fourth-order valence-corrected chi connectivity index (χ4v) is 2.06. The molecule has 0 bridgehead atoms. The monoisotopic (exact) mass is 239 g/mol. The number of hydrogen-bond acceptors (Lipinski definition) is 3. The number of nitrogens with zero attached hydrogens (tertiary/aromatic N) is 1. The summed E-state index contributed by atoms with van der Waals surface area (Å²) in [5, 5.41) is 19.0. The molecule has 2 rings (SSSR count). The zero-order chi connectivity index (χ0) is 12.3. The van der Waals surface area contributed by atoms with Crippen molar-refractivity contribution in [2.24, 2.45) is 0 Å². The van der Waals surface area contributed by atoms with E-state index in [0.29, 0.717) is 24.7 Å². The van der Waals surface area contributed by atoms with E-state index in [1.807, 2.05) is 4.90 Å². The Kier molecular flexibility index (Phi) is 4.10. The van der Waals surface area contributed by atoms with Crippen LogP contribution in [0.15, 0.2) is 24.3 Å². The molecule has 0 aliphatic heterocycles. The molecule has 0 saturated heterocycles. The fraction of sp³-hybridized carbons (Fsp3) is 0.538. The average molecular weight is 239 g/mol. The van der Waals surface area contributed by atoms with Gasteiger partial charge < -0.3 is 10.2 Å². The van der Waals surface area contributed by atoms with Gasteiger partial charge in [-0.2, -0.15) is 0 Å².